The molecule has 6 nitrogen and oxygen atoms in total. The largest absolute Gasteiger partial charge is 0.492 e. The molecule has 2 aromatic carbocycles. The van der Waals surface area contributed by atoms with Crippen LogP contribution in [-0.4, -0.2) is 27.3 Å². The summed E-state index contributed by atoms with van der Waals surface area (Å²) in [5.41, 5.74) is 1.97. The maximum Gasteiger partial charge on any atom is 0.255 e. The van der Waals surface area contributed by atoms with E-state index >= 15 is 0 Å². The molecule has 1 heterocycles. The van der Waals surface area contributed by atoms with Gasteiger partial charge in [0.05, 0.1) is 17.3 Å². The average Bonchev–Trinajstić information content (AvgIpc) is 3.15. The quantitative estimate of drug-likeness (QED) is 0.705. The first-order chi connectivity index (χ1) is 12.5. The molecule has 134 valence electrons. The molecule has 0 spiro atoms. The first kappa shape index (κ1) is 17.9. The molecule has 0 saturated heterocycles. The fraction of sp³-hybridized carbons (Fsp3) is 0.211. The number of carbonyl (C=O) groups is 1. The SMILES string of the molecule is CC(C)COc1ccc(NC(=O)c2ccc(-n3cncn3)cc2)cc1Cl. The third kappa shape index (κ3) is 4.40. The summed E-state index contributed by atoms with van der Waals surface area (Å²) in [5, 5.41) is 7.35. The molecule has 0 unspecified atom stereocenters. The number of nitrogens with zero attached hydrogens (tertiary/aromatic N) is 3. The third-order valence-electron chi connectivity index (χ3n) is 3.57. The van der Waals surface area contributed by atoms with Gasteiger partial charge in [0.25, 0.3) is 5.91 Å². The number of halogens is 1. The predicted octanol–water partition coefficient (Wildman–Crippen LogP) is 4.21. The van der Waals surface area contributed by atoms with Crippen molar-refractivity contribution in [2.45, 2.75) is 13.8 Å². The van der Waals surface area contributed by atoms with Gasteiger partial charge >= 0.3 is 0 Å². The Morgan fingerprint density at radius 1 is 1.23 bits per heavy atom. The molecule has 0 atom stereocenters. The summed E-state index contributed by atoms with van der Waals surface area (Å²) in [6.45, 7) is 4.72. The zero-order valence-corrected chi connectivity index (χ0v) is 15.3. The number of carbonyl (C=O) groups excluding carboxylic acids is 1. The first-order valence-corrected chi connectivity index (χ1v) is 8.59. The van der Waals surface area contributed by atoms with Crippen LogP contribution in [0.5, 0.6) is 5.75 Å². The van der Waals surface area contributed by atoms with Crippen LogP contribution in [0, 0.1) is 5.92 Å². The van der Waals surface area contributed by atoms with Crippen LogP contribution in [0.3, 0.4) is 0 Å². The molecule has 0 aliphatic heterocycles. The van der Waals surface area contributed by atoms with Gasteiger partial charge in [-0.15, -0.1) is 0 Å². The Morgan fingerprint density at radius 2 is 2.00 bits per heavy atom. The monoisotopic (exact) mass is 370 g/mol. The summed E-state index contributed by atoms with van der Waals surface area (Å²) in [4.78, 5) is 16.3. The van der Waals surface area contributed by atoms with Crippen LogP contribution in [0.1, 0.15) is 24.2 Å². The number of anilines is 1. The van der Waals surface area contributed by atoms with E-state index in [9.17, 15) is 4.79 Å². The van der Waals surface area contributed by atoms with Gasteiger partial charge in [-0.3, -0.25) is 4.79 Å². The second-order valence-corrected chi connectivity index (χ2v) is 6.60. The highest BCUT2D eigenvalue weighted by Crippen LogP contribution is 2.28. The van der Waals surface area contributed by atoms with Crippen molar-refractivity contribution >= 4 is 23.2 Å². The van der Waals surface area contributed by atoms with Crippen LogP contribution < -0.4 is 10.1 Å². The van der Waals surface area contributed by atoms with Crippen molar-refractivity contribution in [2.75, 3.05) is 11.9 Å². The van der Waals surface area contributed by atoms with Crippen molar-refractivity contribution in [3.05, 3.63) is 65.7 Å². The summed E-state index contributed by atoms with van der Waals surface area (Å²) in [5.74, 6) is 0.795. The van der Waals surface area contributed by atoms with Crippen molar-refractivity contribution < 1.29 is 9.53 Å². The number of nitrogens with one attached hydrogen (secondary N) is 1. The maximum absolute atomic E-state index is 12.4. The minimum absolute atomic E-state index is 0.220. The lowest BCUT2D eigenvalue weighted by molar-refractivity contribution is 0.102. The zero-order valence-electron chi connectivity index (χ0n) is 14.5. The van der Waals surface area contributed by atoms with E-state index in [1.807, 2.05) is 0 Å². The standard InChI is InChI=1S/C19H19ClN4O2/c1-13(2)10-26-18-8-5-15(9-17(18)20)23-19(25)14-3-6-16(7-4-14)24-12-21-11-22-24/h3-9,11-13H,10H2,1-2H3,(H,23,25). The number of hydrogen-bond acceptors (Lipinski definition) is 4. The second kappa shape index (κ2) is 8.01. The summed E-state index contributed by atoms with van der Waals surface area (Å²) in [7, 11) is 0. The molecular formula is C19H19ClN4O2. The van der Waals surface area contributed by atoms with Crippen molar-refractivity contribution in [3.8, 4) is 11.4 Å². The van der Waals surface area contributed by atoms with Crippen LogP contribution in [-0.2, 0) is 0 Å². The first-order valence-electron chi connectivity index (χ1n) is 8.21. The smallest absolute Gasteiger partial charge is 0.255 e. The Labute approximate surface area is 156 Å². The lowest BCUT2D eigenvalue weighted by atomic mass is 10.2. The van der Waals surface area contributed by atoms with E-state index in [1.165, 1.54) is 6.33 Å². The third-order valence-corrected chi connectivity index (χ3v) is 3.87. The molecule has 1 N–H and O–H groups in total. The van der Waals surface area contributed by atoms with Crippen molar-refractivity contribution in [2.24, 2.45) is 5.92 Å². The van der Waals surface area contributed by atoms with E-state index in [-0.39, 0.29) is 5.91 Å². The Bertz CT molecular complexity index is 877. The van der Waals surface area contributed by atoms with E-state index in [2.05, 4.69) is 29.2 Å². The van der Waals surface area contributed by atoms with E-state index in [0.29, 0.717) is 34.5 Å². The van der Waals surface area contributed by atoms with Gasteiger partial charge in [-0.1, -0.05) is 25.4 Å². The molecule has 1 aromatic heterocycles. The second-order valence-electron chi connectivity index (χ2n) is 6.19. The fourth-order valence-electron chi connectivity index (χ4n) is 2.26. The molecule has 0 fully saturated rings. The summed E-state index contributed by atoms with van der Waals surface area (Å²) < 4.78 is 7.26. The molecule has 0 aliphatic rings. The molecule has 7 heteroatoms. The van der Waals surface area contributed by atoms with Crippen molar-refractivity contribution in [1.29, 1.82) is 0 Å². The van der Waals surface area contributed by atoms with Gasteiger partial charge in [0.1, 0.15) is 18.4 Å². The molecule has 0 bridgehead atoms. The van der Waals surface area contributed by atoms with Crippen LogP contribution >= 0.6 is 11.6 Å². The lowest BCUT2D eigenvalue weighted by Crippen LogP contribution is -2.12. The van der Waals surface area contributed by atoms with Gasteiger partial charge in [-0.05, 0) is 48.4 Å². The number of rotatable bonds is 6. The average molecular weight is 371 g/mol. The Hall–Kier alpha value is -2.86. The van der Waals surface area contributed by atoms with Gasteiger partial charge in [0.15, 0.2) is 0 Å². The van der Waals surface area contributed by atoms with Crippen LogP contribution in [0.25, 0.3) is 5.69 Å². The normalized spacial score (nSPS) is 10.8. The molecule has 3 rings (SSSR count). The maximum atomic E-state index is 12.4. The van der Waals surface area contributed by atoms with Crippen molar-refractivity contribution in [1.82, 2.24) is 14.8 Å². The van der Waals surface area contributed by atoms with E-state index in [0.717, 1.165) is 5.69 Å². The van der Waals surface area contributed by atoms with Gasteiger partial charge in [0, 0.05) is 11.3 Å². The van der Waals surface area contributed by atoms with Gasteiger partial charge in [-0.25, -0.2) is 9.67 Å². The molecule has 1 amide bonds. The highest BCUT2D eigenvalue weighted by atomic mass is 35.5. The highest BCUT2D eigenvalue weighted by Gasteiger charge is 2.09. The molecular weight excluding hydrogens is 352 g/mol. The molecule has 3 aromatic rings. The molecule has 0 radical (unpaired) electrons. The summed E-state index contributed by atoms with van der Waals surface area (Å²) in [6.07, 6.45) is 3.05. The topological polar surface area (TPSA) is 69.0 Å². The minimum Gasteiger partial charge on any atom is -0.492 e. The van der Waals surface area contributed by atoms with Gasteiger partial charge in [0.2, 0.25) is 0 Å². The lowest BCUT2D eigenvalue weighted by Gasteiger charge is -2.12. The van der Waals surface area contributed by atoms with Crippen LogP contribution in [0.2, 0.25) is 5.02 Å². The summed E-state index contributed by atoms with van der Waals surface area (Å²) in [6, 6.07) is 12.3. The van der Waals surface area contributed by atoms with Crippen molar-refractivity contribution in [3.63, 3.8) is 0 Å². The van der Waals surface area contributed by atoms with Crippen LogP contribution in [0.4, 0.5) is 5.69 Å². The van der Waals surface area contributed by atoms with Gasteiger partial charge in [-0.2, -0.15) is 5.10 Å². The number of ether oxygens (including phenoxy) is 1. The van der Waals surface area contributed by atoms with E-state index in [1.54, 1.807) is 53.5 Å². The summed E-state index contributed by atoms with van der Waals surface area (Å²) >= 11 is 6.23. The number of benzene rings is 2. The van der Waals surface area contributed by atoms with Crippen LogP contribution in [0.15, 0.2) is 55.1 Å². The fourth-order valence-corrected chi connectivity index (χ4v) is 2.50. The predicted molar refractivity (Wildman–Crippen MR) is 101 cm³/mol. The van der Waals surface area contributed by atoms with E-state index in [4.69, 9.17) is 16.3 Å². The Balaban J connectivity index is 1.67. The zero-order chi connectivity index (χ0) is 18.5. The molecule has 0 aliphatic carbocycles. The van der Waals surface area contributed by atoms with Gasteiger partial charge < -0.3 is 10.1 Å². The Kier molecular flexibility index (Phi) is 5.53. The molecule has 0 saturated carbocycles. The Morgan fingerprint density at radius 3 is 2.62 bits per heavy atom. The van der Waals surface area contributed by atoms with E-state index < -0.39 is 0 Å². The molecule has 26 heavy (non-hydrogen) atoms. The highest BCUT2D eigenvalue weighted by molar-refractivity contribution is 6.32. The minimum atomic E-state index is -0.220. The number of hydrogen-bond donors (Lipinski definition) is 1. The number of amides is 1. The number of aromatic nitrogens is 3.